The molecule has 6 nitrogen and oxygen atoms in total. The second-order valence-electron chi connectivity index (χ2n) is 5.73. The molecule has 0 aliphatic carbocycles. The molecule has 0 saturated carbocycles. The lowest BCUT2D eigenvalue weighted by atomic mass is 9.99. The SMILES string of the molecule is CC[C@H](C)[C@H](NC(=O)OC(C)(C)C)c1ncc(C=O)o1. The minimum absolute atomic E-state index is 0.0978. The molecule has 112 valence electrons. The molecular formula is C14H22N2O4. The summed E-state index contributed by atoms with van der Waals surface area (Å²) < 4.78 is 10.5. The molecular weight excluding hydrogens is 260 g/mol. The zero-order valence-corrected chi connectivity index (χ0v) is 12.6. The molecule has 0 bridgehead atoms. The Balaban J connectivity index is 2.85. The summed E-state index contributed by atoms with van der Waals surface area (Å²) in [6, 6.07) is -0.427. The topological polar surface area (TPSA) is 81.4 Å². The number of aromatic nitrogens is 1. The van der Waals surface area contributed by atoms with Crippen molar-refractivity contribution >= 4 is 12.4 Å². The van der Waals surface area contributed by atoms with Crippen molar-refractivity contribution < 1.29 is 18.7 Å². The van der Waals surface area contributed by atoms with Gasteiger partial charge in [-0.05, 0) is 26.7 Å². The second kappa shape index (κ2) is 6.54. The summed E-state index contributed by atoms with van der Waals surface area (Å²) in [7, 11) is 0. The third-order valence-electron chi connectivity index (χ3n) is 2.81. The molecule has 0 fully saturated rings. The van der Waals surface area contributed by atoms with Gasteiger partial charge in [-0.25, -0.2) is 9.78 Å². The molecule has 1 aromatic heterocycles. The van der Waals surface area contributed by atoms with Crippen molar-refractivity contribution in [1.82, 2.24) is 10.3 Å². The maximum Gasteiger partial charge on any atom is 0.408 e. The number of aldehydes is 1. The van der Waals surface area contributed by atoms with E-state index < -0.39 is 17.7 Å². The maximum atomic E-state index is 11.9. The van der Waals surface area contributed by atoms with Gasteiger partial charge in [0.15, 0.2) is 12.0 Å². The van der Waals surface area contributed by atoms with Gasteiger partial charge in [0.2, 0.25) is 5.89 Å². The molecule has 0 aliphatic rings. The van der Waals surface area contributed by atoms with Crippen molar-refractivity contribution in [2.75, 3.05) is 0 Å². The van der Waals surface area contributed by atoms with E-state index in [9.17, 15) is 9.59 Å². The molecule has 0 radical (unpaired) electrons. The molecule has 1 N–H and O–H groups in total. The Bertz CT molecular complexity index is 462. The van der Waals surface area contributed by atoms with Crippen LogP contribution in [0.5, 0.6) is 0 Å². The molecule has 1 rings (SSSR count). The molecule has 1 amide bonds. The lowest BCUT2D eigenvalue weighted by molar-refractivity contribution is 0.0475. The Morgan fingerprint density at radius 1 is 1.55 bits per heavy atom. The Kier molecular flexibility index (Phi) is 5.30. The van der Waals surface area contributed by atoms with Crippen molar-refractivity contribution in [2.24, 2.45) is 5.92 Å². The number of ether oxygens (including phenoxy) is 1. The number of alkyl carbamates (subject to hydrolysis) is 1. The maximum absolute atomic E-state index is 11.9. The van der Waals surface area contributed by atoms with Crippen LogP contribution in [-0.2, 0) is 4.74 Å². The van der Waals surface area contributed by atoms with Gasteiger partial charge >= 0.3 is 6.09 Å². The Morgan fingerprint density at radius 2 is 2.20 bits per heavy atom. The molecule has 6 heteroatoms. The van der Waals surface area contributed by atoms with Gasteiger partial charge in [0, 0.05) is 0 Å². The first kappa shape index (κ1) is 16.2. The molecule has 0 aliphatic heterocycles. The average molecular weight is 282 g/mol. The molecule has 1 aromatic rings. The van der Waals surface area contributed by atoms with E-state index in [2.05, 4.69) is 10.3 Å². The van der Waals surface area contributed by atoms with Crippen molar-refractivity contribution in [2.45, 2.75) is 52.7 Å². The minimum Gasteiger partial charge on any atom is -0.444 e. The van der Waals surface area contributed by atoms with Crippen LogP contribution in [0.2, 0.25) is 0 Å². The highest BCUT2D eigenvalue weighted by Gasteiger charge is 2.27. The van der Waals surface area contributed by atoms with Gasteiger partial charge in [0.25, 0.3) is 0 Å². The van der Waals surface area contributed by atoms with Crippen LogP contribution in [0.4, 0.5) is 4.79 Å². The summed E-state index contributed by atoms with van der Waals surface area (Å²) in [6.07, 6.45) is 2.21. The van der Waals surface area contributed by atoms with Crippen LogP contribution in [0.25, 0.3) is 0 Å². The summed E-state index contributed by atoms with van der Waals surface area (Å²) in [5.41, 5.74) is -0.575. The third-order valence-corrected chi connectivity index (χ3v) is 2.81. The monoisotopic (exact) mass is 282 g/mol. The molecule has 0 aromatic carbocycles. The average Bonchev–Trinajstić information content (AvgIpc) is 2.81. The highest BCUT2D eigenvalue weighted by Crippen LogP contribution is 2.24. The van der Waals surface area contributed by atoms with Gasteiger partial charge in [-0.3, -0.25) is 4.79 Å². The molecule has 0 saturated heterocycles. The number of oxazole rings is 1. The van der Waals surface area contributed by atoms with Gasteiger partial charge in [-0.1, -0.05) is 20.3 Å². The second-order valence-corrected chi connectivity index (χ2v) is 5.73. The van der Waals surface area contributed by atoms with Gasteiger partial charge in [0.05, 0.1) is 6.20 Å². The Morgan fingerprint density at radius 3 is 2.65 bits per heavy atom. The van der Waals surface area contributed by atoms with Crippen LogP contribution in [0, 0.1) is 5.92 Å². The summed E-state index contributed by atoms with van der Waals surface area (Å²) in [5.74, 6) is 0.548. The summed E-state index contributed by atoms with van der Waals surface area (Å²) in [4.78, 5) is 26.6. The first-order valence-corrected chi connectivity index (χ1v) is 6.67. The van der Waals surface area contributed by atoms with Crippen LogP contribution >= 0.6 is 0 Å². The number of carbonyl (C=O) groups is 2. The van der Waals surface area contributed by atoms with Crippen molar-refractivity contribution in [3.63, 3.8) is 0 Å². The van der Waals surface area contributed by atoms with Gasteiger partial charge in [0.1, 0.15) is 11.6 Å². The van der Waals surface area contributed by atoms with E-state index in [-0.39, 0.29) is 11.7 Å². The number of carbonyl (C=O) groups excluding carboxylic acids is 2. The predicted octanol–water partition coefficient (Wildman–Crippen LogP) is 3.10. The van der Waals surface area contributed by atoms with Crippen LogP contribution in [0.15, 0.2) is 10.6 Å². The van der Waals surface area contributed by atoms with Gasteiger partial charge < -0.3 is 14.5 Å². The number of rotatable bonds is 5. The van der Waals surface area contributed by atoms with E-state index in [1.54, 1.807) is 20.8 Å². The van der Waals surface area contributed by atoms with Crippen LogP contribution in [0.1, 0.15) is 63.5 Å². The predicted molar refractivity (Wildman–Crippen MR) is 73.5 cm³/mol. The first-order valence-electron chi connectivity index (χ1n) is 6.67. The summed E-state index contributed by atoms with van der Waals surface area (Å²) in [5, 5.41) is 2.74. The van der Waals surface area contributed by atoms with Gasteiger partial charge in [-0.2, -0.15) is 0 Å². The zero-order valence-electron chi connectivity index (χ0n) is 12.6. The third kappa shape index (κ3) is 4.68. The van der Waals surface area contributed by atoms with Crippen LogP contribution in [-0.4, -0.2) is 23.0 Å². The van der Waals surface area contributed by atoms with Crippen LogP contribution < -0.4 is 5.32 Å². The molecule has 2 atom stereocenters. The quantitative estimate of drug-likeness (QED) is 0.839. The number of amides is 1. The van der Waals surface area contributed by atoms with E-state index in [1.807, 2.05) is 13.8 Å². The summed E-state index contributed by atoms with van der Waals surface area (Å²) in [6.45, 7) is 9.34. The fourth-order valence-electron chi connectivity index (χ4n) is 1.62. The number of hydrogen-bond acceptors (Lipinski definition) is 5. The normalized spacial score (nSPS) is 14.4. The number of nitrogens with one attached hydrogen (secondary N) is 1. The molecule has 0 spiro atoms. The van der Waals surface area contributed by atoms with E-state index in [0.29, 0.717) is 12.2 Å². The highest BCUT2D eigenvalue weighted by atomic mass is 16.6. The van der Waals surface area contributed by atoms with Gasteiger partial charge in [-0.15, -0.1) is 0 Å². The Hall–Kier alpha value is -1.85. The highest BCUT2D eigenvalue weighted by molar-refractivity contribution is 5.70. The molecule has 1 heterocycles. The lowest BCUT2D eigenvalue weighted by Gasteiger charge is -2.25. The van der Waals surface area contributed by atoms with E-state index in [1.165, 1.54) is 6.20 Å². The largest absolute Gasteiger partial charge is 0.444 e. The fourth-order valence-corrected chi connectivity index (χ4v) is 1.62. The molecule has 20 heavy (non-hydrogen) atoms. The lowest BCUT2D eigenvalue weighted by Crippen LogP contribution is -2.37. The molecule has 0 unspecified atom stereocenters. The van der Waals surface area contributed by atoms with Crippen molar-refractivity contribution in [3.8, 4) is 0 Å². The zero-order chi connectivity index (χ0) is 15.3. The van der Waals surface area contributed by atoms with E-state index >= 15 is 0 Å². The van der Waals surface area contributed by atoms with E-state index in [0.717, 1.165) is 6.42 Å². The first-order chi connectivity index (χ1) is 9.26. The number of hydrogen-bond donors (Lipinski definition) is 1. The van der Waals surface area contributed by atoms with Crippen LogP contribution in [0.3, 0.4) is 0 Å². The minimum atomic E-state index is -0.575. The fraction of sp³-hybridized carbons (Fsp3) is 0.643. The summed E-state index contributed by atoms with van der Waals surface area (Å²) >= 11 is 0. The standard InChI is InChI=1S/C14H22N2O4/c1-6-9(2)11(12-15-7-10(8-17)19-12)16-13(18)20-14(3,4)5/h7-9,11H,6H2,1-5H3,(H,16,18)/t9-,11-/m0/s1. The Labute approximate surface area is 118 Å². The smallest absolute Gasteiger partial charge is 0.408 e. The van der Waals surface area contributed by atoms with Crippen molar-refractivity contribution in [3.05, 3.63) is 17.8 Å². The van der Waals surface area contributed by atoms with Crippen molar-refractivity contribution in [1.29, 1.82) is 0 Å². The number of nitrogens with zero attached hydrogens (tertiary/aromatic N) is 1. The van der Waals surface area contributed by atoms with E-state index in [4.69, 9.17) is 9.15 Å².